The molecule has 1 unspecified atom stereocenters. The summed E-state index contributed by atoms with van der Waals surface area (Å²) < 4.78 is 40.9. The number of nitrogens with one attached hydrogen (secondary N) is 2. The molecular formula is C30H35N3O6S. The van der Waals surface area contributed by atoms with Crippen LogP contribution in [0.15, 0.2) is 84.9 Å². The molecule has 1 amide bonds. The van der Waals surface area contributed by atoms with Crippen LogP contribution in [0.5, 0.6) is 5.75 Å². The smallest absolute Gasteiger partial charge is 0.324 e. The number of carbonyl (C=O) groups is 2. The predicted molar refractivity (Wildman–Crippen MR) is 152 cm³/mol. The number of nitrogens with zero attached hydrogens (tertiary/aromatic N) is 1. The number of esters is 1. The fraction of sp³-hybridized carbons (Fsp3) is 0.333. The Kier molecular flexibility index (Phi) is 9.57. The summed E-state index contributed by atoms with van der Waals surface area (Å²) in [5.74, 6) is -0.426. The second-order valence-corrected chi connectivity index (χ2v) is 11.5. The van der Waals surface area contributed by atoms with Crippen LogP contribution in [0.3, 0.4) is 0 Å². The monoisotopic (exact) mass is 565 g/mol. The highest BCUT2D eigenvalue weighted by molar-refractivity contribution is 7.87. The summed E-state index contributed by atoms with van der Waals surface area (Å²) in [7, 11) is -1.24. The van der Waals surface area contributed by atoms with E-state index in [4.69, 9.17) is 9.47 Å². The Bertz CT molecular complexity index is 1390. The summed E-state index contributed by atoms with van der Waals surface area (Å²) >= 11 is 0. The molecule has 2 N–H and O–H groups in total. The van der Waals surface area contributed by atoms with Crippen LogP contribution in [0.25, 0.3) is 0 Å². The van der Waals surface area contributed by atoms with E-state index in [-0.39, 0.29) is 25.4 Å². The highest BCUT2D eigenvalue weighted by atomic mass is 32.2. The molecule has 40 heavy (non-hydrogen) atoms. The Balaban J connectivity index is 1.49. The van der Waals surface area contributed by atoms with Crippen molar-refractivity contribution in [3.8, 4) is 5.75 Å². The zero-order chi connectivity index (χ0) is 28.6. The summed E-state index contributed by atoms with van der Waals surface area (Å²) in [5, 5.41) is 3.05. The minimum absolute atomic E-state index is 0.170. The number of methoxy groups -OCH3 is 2. The highest BCUT2D eigenvalue weighted by Crippen LogP contribution is 2.36. The number of rotatable bonds is 11. The van der Waals surface area contributed by atoms with Gasteiger partial charge in [0.2, 0.25) is 0 Å². The Hall–Kier alpha value is -3.73. The van der Waals surface area contributed by atoms with Crippen LogP contribution < -0.4 is 14.8 Å². The van der Waals surface area contributed by atoms with E-state index in [0.29, 0.717) is 30.7 Å². The zero-order valence-electron chi connectivity index (χ0n) is 22.7. The number of hydrogen-bond donors (Lipinski definition) is 2. The van der Waals surface area contributed by atoms with Crippen molar-refractivity contribution in [1.29, 1.82) is 0 Å². The summed E-state index contributed by atoms with van der Waals surface area (Å²) in [6.07, 6.45) is 1.13. The van der Waals surface area contributed by atoms with E-state index in [9.17, 15) is 18.0 Å². The van der Waals surface area contributed by atoms with Gasteiger partial charge >= 0.3 is 5.97 Å². The van der Waals surface area contributed by atoms with Crippen molar-refractivity contribution < 1.29 is 27.5 Å². The first-order valence-corrected chi connectivity index (χ1v) is 14.6. The van der Waals surface area contributed by atoms with Crippen molar-refractivity contribution in [3.63, 3.8) is 0 Å². The number of amides is 1. The van der Waals surface area contributed by atoms with Gasteiger partial charge in [0.05, 0.1) is 19.8 Å². The second kappa shape index (κ2) is 13.1. The van der Waals surface area contributed by atoms with E-state index < -0.39 is 27.6 Å². The molecule has 0 radical (unpaired) electrons. The van der Waals surface area contributed by atoms with Crippen LogP contribution in [-0.4, -0.2) is 64.5 Å². The lowest BCUT2D eigenvalue weighted by Crippen LogP contribution is -2.55. The largest absolute Gasteiger partial charge is 0.496 e. The molecule has 1 fully saturated rings. The van der Waals surface area contributed by atoms with Crippen LogP contribution in [0, 0.1) is 0 Å². The van der Waals surface area contributed by atoms with Crippen LogP contribution in [-0.2, 0) is 31.6 Å². The van der Waals surface area contributed by atoms with E-state index in [1.807, 2.05) is 60.7 Å². The minimum Gasteiger partial charge on any atom is -0.496 e. The third-order valence-electron chi connectivity index (χ3n) is 7.40. The van der Waals surface area contributed by atoms with Crippen molar-refractivity contribution in [1.82, 2.24) is 14.3 Å². The van der Waals surface area contributed by atoms with Crippen molar-refractivity contribution in [2.45, 2.75) is 30.7 Å². The van der Waals surface area contributed by atoms with Crippen molar-refractivity contribution in [2.24, 2.45) is 0 Å². The first-order valence-electron chi connectivity index (χ1n) is 13.1. The molecule has 3 aromatic rings. The zero-order valence-corrected chi connectivity index (χ0v) is 23.5. The summed E-state index contributed by atoms with van der Waals surface area (Å²) in [5.41, 5.74) is 1.80. The SMILES string of the molecule is COC(=O)C(Cc1ccccc1)NS(=O)(=O)N1CCC(CNC(=O)c2ccccc2OC)(c2ccccc2)CC1. The fourth-order valence-corrected chi connectivity index (χ4v) is 6.46. The fourth-order valence-electron chi connectivity index (χ4n) is 5.11. The average Bonchev–Trinajstić information content (AvgIpc) is 3.00. The Labute approximate surface area is 235 Å². The average molecular weight is 566 g/mol. The number of benzene rings is 3. The lowest BCUT2D eigenvalue weighted by molar-refractivity contribution is -0.142. The van der Waals surface area contributed by atoms with Gasteiger partial charge in [-0.2, -0.15) is 17.4 Å². The normalized spacial score (nSPS) is 16.1. The van der Waals surface area contributed by atoms with Gasteiger partial charge in [-0.25, -0.2) is 0 Å². The molecule has 0 bridgehead atoms. The summed E-state index contributed by atoms with van der Waals surface area (Å²) in [6.45, 7) is 0.760. The van der Waals surface area contributed by atoms with E-state index >= 15 is 0 Å². The molecule has 4 rings (SSSR count). The molecule has 0 saturated carbocycles. The van der Waals surface area contributed by atoms with Gasteiger partial charge in [-0.1, -0.05) is 72.8 Å². The molecular weight excluding hydrogens is 530 g/mol. The van der Waals surface area contributed by atoms with Gasteiger partial charge in [-0.05, 0) is 42.5 Å². The summed E-state index contributed by atoms with van der Waals surface area (Å²) in [4.78, 5) is 25.5. The maximum atomic E-state index is 13.4. The molecule has 9 nitrogen and oxygen atoms in total. The number of hydrogen-bond acceptors (Lipinski definition) is 6. The number of para-hydroxylation sites is 1. The minimum atomic E-state index is -3.99. The van der Waals surface area contributed by atoms with Gasteiger partial charge in [0, 0.05) is 25.0 Å². The van der Waals surface area contributed by atoms with Gasteiger partial charge in [0.15, 0.2) is 0 Å². The van der Waals surface area contributed by atoms with Gasteiger partial charge in [-0.3, -0.25) is 9.59 Å². The standard InChI is InChI=1S/C30H35N3O6S/c1-38-27-16-10-9-15-25(27)28(34)31-22-30(24-13-7-4-8-14-24)17-19-33(20-18-30)40(36,37)32-26(29(35)39-2)21-23-11-5-3-6-12-23/h3-16,26,32H,17-22H2,1-2H3,(H,31,34). The van der Waals surface area contributed by atoms with Crippen LogP contribution in [0.4, 0.5) is 0 Å². The predicted octanol–water partition coefficient (Wildman–Crippen LogP) is 3.08. The van der Waals surface area contributed by atoms with Crippen molar-refractivity contribution in [2.75, 3.05) is 33.9 Å². The Morgan fingerprint density at radius 3 is 2.12 bits per heavy atom. The lowest BCUT2D eigenvalue weighted by Gasteiger charge is -2.42. The molecule has 0 aliphatic carbocycles. The van der Waals surface area contributed by atoms with E-state index in [0.717, 1.165) is 11.1 Å². The summed E-state index contributed by atoms with van der Waals surface area (Å²) in [6, 6.07) is 25.0. The Morgan fingerprint density at radius 1 is 0.900 bits per heavy atom. The van der Waals surface area contributed by atoms with Gasteiger partial charge in [-0.15, -0.1) is 0 Å². The van der Waals surface area contributed by atoms with Crippen LogP contribution >= 0.6 is 0 Å². The van der Waals surface area contributed by atoms with E-state index in [1.165, 1.54) is 18.5 Å². The van der Waals surface area contributed by atoms with Crippen LogP contribution in [0.2, 0.25) is 0 Å². The van der Waals surface area contributed by atoms with E-state index in [1.54, 1.807) is 24.3 Å². The molecule has 10 heteroatoms. The molecule has 0 aromatic heterocycles. The van der Waals surface area contributed by atoms with Crippen LogP contribution in [0.1, 0.15) is 34.3 Å². The third kappa shape index (κ3) is 6.88. The van der Waals surface area contributed by atoms with E-state index in [2.05, 4.69) is 10.0 Å². The van der Waals surface area contributed by atoms with Crippen molar-refractivity contribution in [3.05, 3.63) is 102 Å². The third-order valence-corrected chi connectivity index (χ3v) is 9.03. The maximum absolute atomic E-state index is 13.4. The van der Waals surface area contributed by atoms with Crippen molar-refractivity contribution >= 4 is 22.1 Å². The molecule has 212 valence electrons. The van der Waals surface area contributed by atoms with Gasteiger partial charge in [0.25, 0.3) is 16.1 Å². The lowest BCUT2D eigenvalue weighted by atomic mass is 9.73. The van der Waals surface area contributed by atoms with Gasteiger partial charge < -0.3 is 14.8 Å². The Morgan fingerprint density at radius 2 is 1.50 bits per heavy atom. The molecule has 1 aliphatic heterocycles. The first-order chi connectivity index (χ1) is 19.3. The molecule has 1 saturated heterocycles. The molecule has 1 atom stereocenters. The number of piperidine rings is 1. The molecule has 1 heterocycles. The number of carbonyl (C=O) groups excluding carboxylic acids is 2. The molecule has 1 aliphatic rings. The quantitative estimate of drug-likeness (QED) is 0.346. The second-order valence-electron chi connectivity index (χ2n) is 9.82. The topological polar surface area (TPSA) is 114 Å². The first kappa shape index (κ1) is 29.3. The maximum Gasteiger partial charge on any atom is 0.324 e. The highest BCUT2D eigenvalue weighted by Gasteiger charge is 2.41. The van der Waals surface area contributed by atoms with Gasteiger partial charge in [0.1, 0.15) is 11.8 Å². The molecule has 3 aromatic carbocycles. The number of ether oxygens (including phenoxy) is 2. The molecule has 0 spiro atoms.